The second-order valence-corrected chi connectivity index (χ2v) is 6.25. The molecule has 0 bridgehead atoms. The van der Waals surface area contributed by atoms with Crippen molar-refractivity contribution < 1.29 is 24.2 Å². The molecule has 0 aliphatic heterocycles. The summed E-state index contributed by atoms with van der Waals surface area (Å²) >= 11 is 0. The van der Waals surface area contributed by atoms with Crippen molar-refractivity contribution in [2.24, 2.45) is 11.5 Å². The fraction of sp³-hybridized carbons (Fsp3) is 0.211. The van der Waals surface area contributed by atoms with Crippen LogP contribution in [0.4, 0.5) is 0 Å². The molecule has 5 N–H and O–H groups in total. The zero-order chi connectivity index (χ0) is 18.9. The van der Waals surface area contributed by atoms with Crippen molar-refractivity contribution in [2.45, 2.75) is 17.9 Å². The second-order valence-electron chi connectivity index (χ2n) is 6.25. The Morgan fingerprint density at radius 2 is 1.50 bits per heavy atom. The van der Waals surface area contributed by atoms with Crippen molar-refractivity contribution >= 4 is 17.8 Å². The Kier molecular flexibility index (Phi) is 4.48. The summed E-state index contributed by atoms with van der Waals surface area (Å²) < 4.78 is 5.21. The molecule has 0 unspecified atom stereocenters. The number of esters is 1. The molecule has 2 aromatic rings. The van der Waals surface area contributed by atoms with Crippen LogP contribution in [-0.4, -0.2) is 35.1 Å². The molecule has 1 atom stereocenters. The number of fused-ring (bicyclic) bond motifs is 3. The first-order chi connectivity index (χ1) is 12.3. The molecular weight excluding hydrogens is 336 g/mol. The highest BCUT2D eigenvalue weighted by molar-refractivity contribution is 6.07. The standard InChI is InChI=1S/C19H18N2O5/c20-16(22)9-19(21,17(23)24)18(25)26-10-15-13-7-3-1-5-11(13)12-6-2-4-8-14(12)15/h1-8,15H,9-10,21H2,(H2,20,22)(H,23,24)/t19-/m1/s1. The zero-order valence-corrected chi connectivity index (χ0v) is 13.8. The van der Waals surface area contributed by atoms with Gasteiger partial charge in [-0.05, 0) is 22.3 Å². The van der Waals surface area contributed by atoms with E-state index in [4.69, 9.17) is 16.2 Å². The van der Waals surface area contributed by atoms with Gasteiger partial charge in [-0.15, -0.1) is 0 Å². The Morgan fingerprint density at radius 1 is 1.00 bits per heavy atom. The molecule has 1 amide bonds. The third-order valence-corrected chi connectivity index (χ3v) is 4.54. The van der Waals surface area contributed by atoms with Gasteiger partial charge in [0, 0.05) is 5.92 Å². The average Bonchev–Trinajstić information content (AvgIpc) is 2.93. The molecule has 134 valence electrons. The maximum absolute atomic E-state index is 12.3. The molecule has 0 fully saturated rings. The summed E-state index contributed by atoms with van der Waals surface area (Å²) in [5, 5.41) is 9.23. The highest BCUT2D eigenvalue weighted by Crippen LogP contribution is 2.44. The van der Waals surface area contributed by atoms with E-state index in [9.17, 15) is 19.5 Å². The minimum atomic E-state index is -2.50. The molecule has 0 saturated carbocycles. The number of aliphatic carboxylic acids is 1. The molecule has 2 aromatic carbocycles. The summed E-state index contributed by atoms with van der Waals surface area (Å²) in [7, 11) is 0. The molecule has 3 rings (SSSR count). The van der Waals surface area contributed by atoms with Gasteiger partial charge in [0.15, 0.2) is 0 Å². The van der Waals surface area contributed by atoms with Gasteiger partial charge in [0.1, 0.15) is 6.61 Å². The van der Waals surface area contributed by atoms with Gasteiger partial charge in [-0.3, -0.25) is 4.79 Å². The summed E-state index contributed by atoms with van der Waals surface area (Å²) in [4.78, 5) is 34.7. The molecule has 1 aliphatic rings. The van der Waals surface area contributed by atoms with Crippen molar-refractivity contribution in [3.63, 3.8) is 0 Å². The van der Waals surface area contributed by atoms with Crippen LogP contribution in [0.2, 0.25) is 0 Å². The molecular formula is C19H18N2O5. The molecule has 7 nitrogen and oxygen atoms in total. The largest absolute Gasteiger partial charge is 0.479 e. The molecule has 0 heterocycles. The number of hydrogen-bond donors (Lipinski definition) is 3. The van der Waals surface area contributed by atoms with Crippen molar-refractivity contribution in [3.05, 3.63) is 59.7 Å². The Hall–Kier alpha value is -3.19. The number of nitrogens with two attached hydrogens (primary N) is 2. The summed E-state index contributed by atoms with van der Waals surface area (Å²) in [6, 6.07) is 15.4. The maximum Gasteiger partial charge on any atom is 0.338 e. The highest BCUT2D eigenvalue weighted by Gasteiger charge is 2.46. The van der Waals surface area contributed by atoms with E-state index >= 15 is 0 Å². The Balaban J connectivity index is 1.85. The van der Waals surface area contributed by atoms with Gasteiger partial charge in [0.2, 0.25) is 11.4 Å². The summed E-state index contributed by atoms with van der Waals surface area (Å²) in [5.74, 6) is -4.08. The number of hydrogen-bond acceptors (Lipinski definition) is 5. The van der Waals surface area contributed by atoms with Gasteiger partial charge in [0.25, 0.3) is 0 Å². The number of carbonyl (C=O) groups is 3. The number of carboxylic acid groups (broad SMARTS) is 1. The van der Waals surface area contributed by atoms with Crippen LogP contribution in [0.5, 0.6) is 0 Å². The summed E-state index contributed by atoms with van der Waals surface area (Å²) in [5.41, 5.74) is 12.1. The predicted molar refractivity (Wildman–Crippen MR) is 93.0 cm³/mol. The van der Waals surface area contributed by atoms with Gasteiger partial charge in [-0.2, -0.15) is 0 Å². The Labute approximate surface area is 149 Å². The molecule has 0 saturated heterocycles. The van der Waals surface area contributed by atoms with Crippen molar-refractivity contribution in [2.75, 3.05) is 6.61 Å². The molecule has 1 aliphatic carbocycles. The molecule has 0 radical (unpaired) electrons. The van der Waals surface area contributed by atoms with Crippen LogP contribution in [0.25, 0.3) is 11.1 Å². The van der Waals surface area contributed by atoms with Crippen LogP contribution in [0.1, 0.15) is 23.5 Å². The van der Waals surface area contributed by atoms with Crippen LogP contribution in [0.3, 0.4) is 0 Å². The first kappa shape index (κ1) is 17.6. The lowest BCUT2D eigenvalue weighted by molar-refractivity contribution is -0.162. The second kappa shape index (κ2) is 6.61. The molecule has 0 spiro atoms. The van der Waals surface area contributed by atoms with E-state index in [0.717, 1.165) is 22.3 Å². The fourth-order valence-corrected chi connectivity index (χ4v) is 3.24. The van der Waals surface area contributed by atoms with Gasteiger partial charge < -0.3 is 21.3 Å². The molecule has 0 aromatic heterocycles. The van der Waals surface area contributed by atoms with E-state index in [1.54, 1.807) is 0 Å². The molecule has 26 heavy (non-hydrogen) atoms. The number of benzene rings is 2. The normalized spacial score (nSPS) is 14.8. The van der Waals surface area contributed by atoms with E-state index in [0.29, 0.717) is 0 Å². The van der Waals surface area contributed by atoms with Gasteiger partial charge >= 0.3 is 11.9 Å². The number of primary amides is 1. The van der Waals surface area contributed by atoms with Crippen LogP contribution in [0.15, 0.2) is 48.5 Å². The van der Waals surface area contributed by atoms with Crippen LogP contribution >= 0.6 is 0 Å². The minimum Gasteiger partial charge on any atom is -0.479 e. The maximum atomic E-state index is 12.3. The fourth-order valence-electron chi connectivity index (χ4n) is 3.24. The number of carbonyl (C=O) groups excluding carboxylic acids is 2. The van der Waals surface area contributed by atoms with Gasteiger partial charge in [-0.1, -0.05) is 48.5 Å². The smallest absolute Gasteiger partial charge is 0.338 e. The quantitative estimate of drug-likeness (QED) is 0.523. The summed E-state index contributed by atoms with van der Waals surface area (Å²) in [6.07, 6.45) is -0.834. The summed E-state index contributed by atoms with van der Waals surface area (Å²) in [6.45, 7) is -0.0855. The third kappa shape index (κ3) is 2.93. The SMILES string of the molecule is NC(=O)C[C@@](N)(C(=O)O)C(=O)OCC1c2ccccc2-c2ccccc21. The van der Waals surface area contributed by atoms with Gasteiger partial charge in [0.05, 0.1) is 6.42 Å². The predicted octanol–water partition coefficient (Wildman–Crippen LogP) is 1.000. The lowest BCUT2D eigenvalue weighted by atomic mass is 9.95. The Bertz CT molecular complexity index is 850. The van der Waals surface area contributed by atoms with Crippen LogP contribution in [-0.2, 0) is 19.1 Å². The minimum absolute atomic E-state index is 0.0855. The van der Waals surface area contributed by atoms with E-state index in [1.807, 2.05) is 48.5 Å². The molecule has 7 heteroatoms. The van der Waals surface area contributed by atoms with E-state index in [1.165, 1.54) is 0 Å². The first-order valence-electron chi connectivity index (χ1n) is 8.00. The topological polar surface area (TPSA) is 133 Å². The average molecular weight is 354 g/mol. The van der Waals surface area contributed by atoms with Crippen molar-refractivity contribution in [1.82, 2.24) is 0 Å². The monoisotopic (exact) mass is 354 g/mol. The third-order valence-electron chi connectivity index (χ3n) is 4.54. The lowest BCUT2D eigenvalue weighted by Crippen LogP contribution is -2.58. The van der Waals surface area contributed by atoms with Gasteiger partial charge in [-0.25, -0.2) is 9.59 Å². The van der Waals surface area contributed by atoms with E-state index in [2.05, 4.69) is 0 Å². The van der Waals surface area contributed by atoms with Crippen LogP contribution in [0, 0.1) is 0 Å². The van der Waals surface area contributed by atoms with Crippen molar-refractivity contribution in [1.29, 1.82) is 0 Å². The first-order valence-corrected chi connectivity index (χ1v) is 8.00. The number of amides is 1. The van der Waals surface area contributed by atoms with E-state index in [-0.39, 0.29) is 12.5 Å². The Morgan fingerprint density at radius 3 is 1.96 bits per heavy atom. The zero-order valence-electron chi connectivity index (χ0n) is 13.8. The number of rotatable bonds is 6. The highest BCUT2D eigenvalue weighted by atomic mass is 16.5. The number of carboxylic acids is 1. The number of ether oxygens (including phenoxy) is 1. The lowest BCUT2D eigenvalue weighted by Gasteiger charge is -2.22. The van der Waals surface area contributed by atoms with Crippen LogP contribution < -0.4 is 11.5 Å². The van der Waals surface area contributed by atoms with Crippen molar-refractivity contribution in [3.8, 4) is 11.1 Å². The van der Waals surface area contributed by atoms with E-state index < -0.39 is 29.8 Å².